The van der Waals surface area contributed by atoms with Crippen LogP contribution in [0, 0.1) is 0 Å². The molecule has 102 valence electrons. The molecule has 1 aliphatic rings. The molecule has 0 atom stereocenters. The second-order valence-corrected chi connectivity index (χ2v) is 5.25. The summed E-state index contributed by atoms with van der Waals surface area (Å²) in [5.74, 6) is 0.181. The van der Waals surface area contributed by atoms with Crippen molar-refractivity contribution in [3.63, 3.8) is 0 Å². The lowest BCUT2D eigenvalue weighted by Gasteiger charge is -2.32. The number of carbonyl (C=O) groups is 1. The Bertz CT molecular complexity index is 473. The maximum Gasteiger partial charge on any atom is 0.219 e. The fourth-order valence-electron chi connectivity index (χ4n) is 2.54. The molecule has 0 bridgehead atoms. The van der Waals surface area contributed by atoms with E-state index >= 15 is 0 Å². The first-order valence-electron chi connectivity index (χ1n) is 6.85. The minimum Gasteiger partial charge on any atom is -0.382 e. The molecule has 0 radical (unpaired) electrons. The van der Waals surface area contributed by atoms with Gasteiger partial charge < -0.3 is 10.2 Å². The SMILES string of the molecule is C=C(C)c1ccccc1NC1CCN(C(C)=O)CC1. The third-order valence-corrected chi connectivity index (χ3v) is 3.69. The number of nitrogens with zero attached hydrogens (tertiary/aromatic N) is 1. The highest BCUT2D eigenvalue weighted by Gasteiger charge is 2.20. The Kier molecular flexibility index (Phi) is 4.25. The standard InChI is InChI=1S/C16H22N2O/c1-12(2)15-6-4-5-7-16(15)17-14-8-10-18(11-9-14)13(3)19/h4-7,14,17H,1,8-11H2,2-3H3. The fourth-order valence-corrected chi connectivity index (χ4v) is 2.54. The molecule has 3 heteroatoms. The molecular formula is C16H22N2O. The van der Waals surface area contributed by atoms with Gasteiger partial charge in [0.05, 0.1) is 0 Å². The summed E-state index contributed by atoms with van der Waals surface area (Å²) in [6.45, 7) is 9.39. The van der Waals surface area contributed by atoms with Gasteiger partial charge in [-0.3, -0.25) is 4.79 Å². The highest BCUT2D eigenvalue weighted by molar-refractivity contribution is 5.74. The Labute approximate surface area is 115 Å². The zero-order chi connectivity index (χ0) is 13.8. The number of benzene rings is 1. The van der Waals surface area contributed by atoms with Crippen molar-refractivity contribution in [2.75, 3.05) is 18.4 Å². The van der Waals surface area contributed by atoms with E-state index in [-0.39, 0.29) is 5.91 Å². The van der Waals surface area contributed by atoms with E-state index in [0.29, 0.717) is 6.04 Å². The first-order chi connectivity index (χ1) is 9.08. The Morgan fingerprint density at radius 3 is 2.47 bits per heavy atom. The average Bonchev–Trinajstić information content (AvgIpc) is 2.39. The molecule has 0 aromatic heterocycles. The van der Waals surface area contributed by atoms with Gasteiger partial charge in [-0.2, -0.15) is 0 Å². The van der Waals surface area contributed by atoms with Crippen molar-refractivity contribution >= 4 is 17.2 Å². The lowest BCUT2D eigenvalue weighted by molar-refractivity contribution is -0.129. The molecule has 1 saturated heterocycles. The number of hydrogen-bond acceptors (Lipinski definition) is 2. The second kappa shape index (κ2) is 5.91. The molecule has 0 spiro atoms. The number of allylic oxidation sites excluding steroid dienone is 1. The summed E-state index contributed by atoms with van der Waals surface area (Å²) in [6.07, 6.45) is 2.01. The van der Waals surface area contributed by atoms with Crippen LogP contribution in [0.4, 0.5) is 5.69 Å². The van der Waals surface area contributed by atoms with Gasteiger partial charge in [0.15, 0.2) is 0 Å². The van der Waals surface area contributed by atoms with Gasteiger partial charge >= 0.3 is 0 Å². The van der Waals surface area contributed by atoms with Crippen LogP contribution in [0.3, 0.4) is 0 Å². The molecule has 19 heavy (non-hydrogen) atoms. The van der Waals surface area contributed by atoms with E-state index in [1.807, 2.05) is 24.0 Å². The van der Waals surface area contributed by atoms with Crippen molar-refractivity contribution in [2.24, 2.45) is 0 Å². The lowest BCUT2D eigenvalue weighted by Crippen LogP contribution is -2.41. The van der Waals surface area contributed by atoms with Crippen LogP contribution in [0.25, 0.3) is 5.57 Å². The predicted molar refractivity (Wildman–Crippen MR) is 80.0 cm³/mol. The zero-order valence-electron chi connectivity index (χ0n) is 11.8. The normalized spacial score (nSPS) is 16.2. The van der Waals surface area contributed by atoms with Crippen LogP contribution >= 0.6 is 0 Å². The molecular weight excluding hydrogens is 236 g/mol. The van der Waals surface area contributed by atoms with E-state index in [9.17, 15) is 4.79 Å². The molecule has 1 aromatic carbocycles. The van der Waals surface area contributed by atoms with E-state index in [2.05, 4.69) is 24.0 Å². The number of piperidine rings is 1. The molecule has 3 nitrogen and oxygen atoms in total. The Hall–Kier alpha value is -1.77. The topological polar surface area (TPSA) is 32.3 Å². The Morgan fingerprint density at radius 2 is 1.89 bits per heavy atom. The monoisotopic (exact) mass is 258 g/mol. The number of para-hydroxylation sites is 1. The fraction of sp³-hybridized carbons (Fsp3) is 0.438. The second-order valence-electron chi connectivity index (χ2n) is 5.25. The number of rotatable bonds is 3. The summed E-state index contributed by atoms with van der Waals surface area (Å²) in [5.41, 5.74) is 3.40. The molecule has 2 rings (SSSR count). The van der Waals surface area contributed by atoms with Gasteiger partial charge in [0.1, 0.15) is 0 Å². The maximum atomic E-state index is 11.3. The van der Waals surface area contributed by atoms with Crippen molar-refractivity contribution in [1.82, 2.24) is 4.90 Å². The molecule has 1 amide bonds. The molecule has 0 aliphatic carbocycles. The summed E-state index contributed by atoms with van der Waals surface area (Å²) < 4.78 is 0. The van der Waals surface area contributed by atoms with Gasteiger partial charge in [-0.1, -0.05) is 24.8 Å². The Morgan fingerprint density at radius 1 is 1.26 bits per heavy atom. The molecule has 1 aliphatic heterocycles. The number of hydrogen-bond donors (Lipinski definition) is 1. The van der Waals surface area contributed by atoms with Crippen molar-refractivity contribution in [1.29, 1.82) is 0 Å². The number of anilines is 1. The number of carbonyl (C=O) groups excluding carboxylic acids is 1. The van der Waals surface area contributed by atoms with Gasteiger partial charge in [0, 0.05) is 31.7 Å². The highest BCUT2D eigenvalue weighted by atomic mass is 16.2. The highest BCUT2D eigenvalue weighted by Crippen LogP contribution is 2.24. The minimum absolute atomic E-state index is 0.181. The van der Waals surface area contributed by atoms with Crippen LogP contribution in [0.15, 0.2) is 30.8 Å². The van der Waals surface area contributed by atoms with E-state index in [0.717, 1.165) is 37.2 Å². The van der Waals surface area contributed by atoms with Gasteiger partial charge in [-0.25, -0.2) is 0 Å². The van der Waals surface area contributed by atoms with Crippen LogP contribution in [0.2, 0.25) is 0 Å². The van der Waals surface area contributed by atoms with Crippen molar-refractivity contribution in [3.8, 4) is 0 Å². The molecule has 1 aromatic rings. The maximum absolute atomic E-state index is 11.3. The van der Waals surface area contributed by atoms with Crippen LogP contribution in [0.1, 0.15) is 32.3 Å². The number of nitrogens with one attached hydrogen (secondary N) is 1. The minimum atomic E-state index is 0.181. The summed E-state index contributed by atoms with van der Waals surface area (Å²) in [4.78, 5) is 13.2. The number of amides is 1. The van der Waals surface area contributed by atoms with Gasteiger partial charge in [0.25, 0.3) is 0 Å². The molecule has 1 heterocycles. The quantitative estimate of drug-likeness (QED) is 0.903. The van der Waals surface area contributed by atoms with Crippen molar-refractivity contribution < 1.29 is 4.79 Å². The van der Waals surface area contributed by atoms with Gasteiger partial charge in [-0.15, -0.1) is 0 Å². The van der Waals surface area contributed by atoms with Gasteiger partial charge in [0.2, 0.25) is 5.91 Å². The largest absolute Gasteiger partial charge is 0.382 e. The van der Waals surface area contributed by atoms with Crippen LogP contribution in [-0.4, -0.2) is 29.9 Å². The molecule has 1 fully saturated rings. The summed E-state index contributed by atoms with van der Waals surface area (Å²) in [5, 5.41) is 3.59. The lowest BCUT2D eigenvalue weighted by atomic mass is 10.0. The number of likely N-dealkylation sites (tertiary alicyclic amines) is 1. The Balaban J connectivity index is 2.00. The molecule has 0 unspecified atom stereocenters. The average molecular weight is 258 g/mol. The third kappa shape index (κ3) is 3.37. The molecule has 0 saturated carbocycles. The summed E-state index contributed by atoms with van der Waals surface area (Å²) >= 11 is 0. The van der Waals surface area contributed by atoms with Crippen LogP contribution < -0.4 is 5.32 Å². The van der Waals surface area contributed by atoms with Crippen LogP contribution in [0.5, 0.6) is 0 Å². The van der Waals surface area contributed by atoms with Gasteiger partial charge in [-0.05, 0) is 37.0 Å². The van der Waals surface area contributed by atoms with E-state index < -0.39 is 0 Å². The molecule has 1 N–H and O–H groups in total. The zero-order valence-corrected chi connectivity index (χ0v) is 11.8. The third-order valence-electron chi connectivity index (χ3n) is 3.69. The summed E-state index contributed by atoms with van der Waals surface area (Å²) in [6, 6.07) is 8.71. The van der Waals surface area contributed by atoms with E-state index in [4.69, 9.17) is 0 Å². The smallest absolute Gasteiger partial charge is 0.219 e. The van der Waals surface area contributed by atoms with E-state index in [1.165, 1.54) is 5.56 Å². The van der Waals surface area contributed by atoms with Crippen LogP contribution in [-0.2, 0) is 4.79 Å². The van der Waals surface area contributed by atoms with Crippen molar-refractivity contribution in [2.45, 2.75) is 32.7 Å². The predicted octanol–water partition coefficient (Wildman–Crippen LogP) is 3.14. The van der Waals surface area contributed by atoms with Crippen molar-refractivity contribution in [3.05, 3.63) is 36.4 Å². The first-order valence-corrected chi connectivity index (χ1v) is 6.85. The summed E-state index contributed by atoms with van der Waals surface area (Å²) in [7, 11) is 0. The van der Waals surface area contributed by atoms with E-state index in [1.54, 1.807) is 6.92 Å². The first kappa shape index (κ1) is 13.7.